The molecule has 0 amide bonds. The number of halogens is 2. The second-order valence-electron chi connectivity index (χ2n) is 3.22. The number of hydrogen-bond acceptors (Lipinski definition) is 3. The van der Waals surface area contributed by atoms with E-state index in [4.69, 9.17) is 11.6 Å². The van der Waals surface area contributed by atoms with Crippen LogP contribution >= 0.6 is 34.2 Å². The summed E-state index contributed by atoms with van der Waals surface area (Å²) in [5.41, 5.74) is 0. The molecule has 15 heavy (non-hydrogen) atoms. The second kappa shape index (κ2) is 7.22. The maximum absolute atomic E-state index is 5.79. The summed E-state index contributed by atoms with van der Waals surface area (Å²) in [4.78, 5) is 10.5. The molecule has 0 saturated carbocycles. The van der Waals surface area contributed by atoms with Crippen molar-refractivity contribution >= 4 is 40.0 Å². The molecule has 0 N–H and O–H groups in total. The van der Waals surface area contributed by atoms with Crippen LogP contribution in [0.4, 0.5) is 5.82 Å². The Labute approximate surface area is 109 Å². The van der Waals surface area contributed by atoms with Crippen molar-refractivity contribution in [2.24, 2.45) is 0 Å². The second-order valence-corrected chi connectivity index (χ2v) is 4.76. The van der Waals surface area contributed by atoms with E-state index in [0.29, 0.717) is 5.88 Å². The molecule has 0 saturated heterocycles. The van der Waals surface area contributed by atoms with E-state index >= 15 is 0 Å². The third-order valence-electron chi connectivity index (χ3n) is 2.08. The van der Waals surface area contributed by atoms with Gasteiger partial charge in [-0.05, 0) is 29.0 Å². The first kappa shape index (κ1) is 13.0. The zero-order chi connectivity index (χ0) is 11.1. The van der Waals surface area contributed by atoms with E-state index in [9.17, 15) is 0 Å². The Balaban J connectivity index is 2.74. The Morgan fingerprint density at radius 2 is 2.27 bits per heavy atom. The molecule has 0 aliphatic carbocycles. The van der Waals surface area contributed by atoms with Crippen LogP contribution in [0.25, 0.3) is 0 Å². The predicted molar refractivity (Wildman–Crippen MR) is 72.6 cm³/mol. The van der Waals surface area contributed by atoms with Gasteiger partial charge < -0.3 is 4.90 Å². The monoisotopic (exact) mass is 339 g/mol. The molecule has 0 atom stereocenters. The quantitative estimate of drug-likeness (QED) is 0.589. The minimum Gasteiger partial charge on any atom is -0.354 e. The highest BCUT2D eigenvalue weighted by atomic mass is 127. The summed E-state index contributed by atoms with van der Waals surface area (Å²) in [6.07, 6.45) is 5.76. The fourth-order valence-electron chi connectivity index (χ4n) is 1.31. The highest BCUT2D eigenvalue weighted by Gasteiger charge is 2.10. The molecule has 0 spiro atoms. The van der Waals surface area contributed by atoms with Crippen molar-refractivity contribution in [3.63, 3.8) is 0 Å². The number of rotatable bonds is 6. The van der Waals surface area contributed by atoms with Gasteiger partial charge in [0, 0.05) is 25.2 Å². The maximum atomic E-state index is 5.79. The summed E-state index contributed by atoms with van der Waals surface area (Å²) in [5, 5.41) is 0. The van der Waals surface area contributed by atoms with Gasteiger partial charge in [-0.25, -0.2) is 9.97 Å². The predicted octanol–water partition coefficient (Wildman–Crippen LogP) is 2.93. The van der Waals surface area contributed by atoms with Gasteiger partial charge in [0.15, 0.2) is 0 Å². The molecule has 1 heterocycles. The number of nitrogens with zero attached hydrogens (tertiary/aromatic N) is 3. The molecular weight excluding hydrogens is 324 g/mol. The SMILES string of the molecule is CCCCN(CCCl)c1ncncc1I. The number of aromatic nitrogens is 2. The lowest BCUT2D eigenvalue weighted by Gasteiger charge is -2.23. The van der Waals surface area contributed by atoms with E-state index < -0.39 is 0 Å². The number of alkyl halides is 1. The first-order chi connectivity index (χ1) is 7.29. The van der Waals surface area contributed by atoms with Crippen LogP contribution in [-0.4, -0.2) is 28.9 Å². The summed E-state index contributed by atoms with van der Waals surface area (Å²) < 4.78 is 1.08. The standard InChI is InChI=1S/C10H15ClIN3/c1-2-3-5-15(6-4-11)10-9(12)7-13-8-14-10/h7-8H,2-6H2,1H3. The molecule has 1 aromatic rings. The molecule has 0 unspecified atom stereocenters. The molecule has 0 fully saturated rings. The van der Waals surface area contributed by atoms with Crippen LogP contribution < -0.4 is 4.90 Å². The van der Waals surface area contributed by atoms with Gasteiger partial charge >= 0.3 is 0 Å². The van der Waals surface area contributed by atoms with Crippen molar-refractivity contribution in [1.29, 1.82) is 0 Å². The van der Waals surface area contributed by atoms with Crippen LogP contribution in [0.5, 0.6) is 0 Å². The highest BCUT2D eigenvalue weighted by Crippen LogP contribution is 2.18. The molecule has 3 nitrogen and oxygen atoms in total. The zero-order valence-electron chi connectivity index (χ0n) is 8.79. The van der Waals surface area contributed by atoms with E-state index in [1.807, 2.05) is 6.20 Å². The van der Waals surface area contributed by atoms with Crippen LogP contribution in [-0.2, 0) is 0 Å². The van der Waals surface area contributed by atoms with E-state index in [1.54, 1.807) is 6.33 Å². The molecule has 1 rings (SSSR count). The summed E-state index contributed by atoms with van der Waals surface area (Å²) in [6.45, 7) is 4.04. The van der Waals surface area contributed by atoms with Crippen molar-refractivity contribution in [2.75, 3.05) is 23.9 Å². The minimum absolute atomic E-state index is 0.629. The van der Waals surface area contributed by atoms with Crippen LogP contribution in [0.1, 0.15) is 19.8 Å². The van der Waals surface area contributed by atoms with Gasteiger partial charge in [-0.15, -0.1) is 11.6 Å². The normalized spacial score (nSPS) is 10.3. The lowest BCUT2D eigenvalue weighted by atomic mass is 10.3. The molecule has 5 heteroatoms. The van der Waals surface area contributed by atoms with Gasteiger partial charge in [0.25, 0.3) is 0 Å². The minimum atomic E-state index is 0.629. The van der Waals surface area contributed by atoms with Gasteiger partial charge in [0.05, 0.1) is 3.57 Å². The van der Waals surface area contributed by atoms with Crippen molar-refractivity contribution in [2.45, 2.75) is 19.8 Å². The first-order valence-corrected chi connectivity index (χ1v) is 6.67. The van der Waals surface area contributed by atoms with E-state index in [2.05, 4.69) is 44.4 Å². The third-order valence-corrected chi connectivity index (χ3v) is 3.01. The molecule has 1 aromatic heterocycles. The maximum Gasteiger partial charge on any atom is 0.145 e. The molecule has 0 aliphatic rings. The Bertz CT molecular complexity index is 296. The molecule has 0 aromatic carbocycles. The topological polar surface area (TPSA) is 29.0 Å². The third kappa shape index (κ3) is 4.10. The molecule has 0 radical (unpaired) electrons. The highest BCUT2D eigenvalue weighted by molar-refractivity contribution is 14.1. The summed E-state index contributed by atoms with van der Waals surface area (Å²) >= 11 is 8.05. The fourth-order valence-corrected chi connectivity index (χ4v) is 2.16. The van der Waals surface area contributed by atoms with Gasteiger partial charge in [-0.2, -0.15) is 0 Å². The number of hydrogen-bond donors (Lipinski definition) is 0. The van der Waals surface area contributed by atoms with Crippen molar-refractivity contribution < 1.29 is 0 Å². The van der Waals surface area contributed by atoms with Crippen molar-refractivity contribution in [3.05, 3.63) is 16.1 Å². The van der Waals surface area contributed by atoms with Crippen molar-refractivity contribution in [1.82, 2.24) is 9.97 Å². The van der Waals surface area contributed by atoms with Crippen LogP contribution in [0.2, 0.25) is 0 Å². The smallest absolute Gasteiger partial charge is 0.145 e. The average Bonchev–Trinajstić information content (AvgIpc) is 2.25. The van der Waals surface area contributed by atoms with Crippen LogP contribution in [0, 0.1) is 3.57 Å². The average molecular weight is 340 g/mol. The zero-order valence-corrected chi connectivity index (χ0v) is 11.7. The summed E-state index contributed by atoms with van der Waals surface area (Å²) in [7, 11) is 0. The molecule has 84 valence electrons. The van der Waals surface area contributed by atoms with Gasteiger partial charge in [0.2, 0.25) is 0 Å². The largest absolute Gasteiger partial charge is 0.354 e. The Morgan fingerprint density at radius 1 is 1.47 bits per heavy atom. The molecule has 0 bridgehead atoms. The van der Waals surface area contributed by atoms with Crippen LogP contribution in [0.15, 0.2) is 12.5 Å². The summed E-state index contributed by atoms with van der Waals surface area (Å²) in [5.74, 6) is 1.63. The number of unbranched alkanes of at least 4 members (excludes halogenated alkanes) is 1. The van der Waals surface area contributed by atoms with Gasteiger partial charge in [0.1, 0.15) is 12.1 Å². The summed E-state index contributed by atoms with van der Waals surface area (Å²) in [6, 6.07) is 0. The van der Waals surface area contributed by atoms with E-state index in [0.717, 1.165) is 28.9 Å². The van der Waals surface area contributed by atoms with Crippen molar-refractivity contribution in [3.8, 4) is 0 Å². The molecule has 0 aliphatic heterocycles. The first-order valence-electron chi connectivity index (χ1n) is 5.06. The Kier molecular flexibility index (Phi) is 6.24. The van der Waals surface area contributed by atoms with E-state index in [1.165, 1.54) is 6.42 Å². The lowest BCUT2D eigenvalue weighted by molar-refractivity contribution is 0.722. The van der Waals surface area contributed by atoms with E-state index in [-0.39, 0.29) is 0 Å². The number of anilines is 1. The Morgan fingerprint density at radius 3 is 2.87 bits per heavy atom. The lowest BCUT2D eigenvalue weighted by Crippen LogP contribution is -2.28. The van der Waals surface area contributed by atoms with Gasteiger partial charge in [-0.1, -0.05) is 13.3 Å². The van der Waals surface area contributed by atoms with Gasteiger partial charge in [-0.3, -0.25) is 0 Å². The Hall–Kier alpha value is -0.100. The van der Waals surface area contributed by atoms with Crippen LogP contribution in [0.3, 0.4) is 0 Å². The fraction of sp³-hybridized carbons (Fsp3) is 0.600. The molecular formula is C10H15ClIN3.